The first kappa shape index (κ1) is 16.9. The molecule has 2 aromatic heterocycles. The average molecular weight is 404 g/mol. The fraction of sp³-hybridized carbons (Fsp3) is 0.125. The molecule has 0 saturated carbocycles. The fourth-order valence-corrected chi connectivity index (χ4v) is 2.65. The van der Waals surface area contributed by atoms with Crippen LogP contribution in [-0.4, -0.2) is 39.0 Å². The van der Waals surface area contributed by atoms with Crippen molar-refractivity contribution in [3.8, 4) is 0 Å². The number of nitrogens with zero attached hydrogens (tertiary/aromatic N) is 3. The van der Waals surface area contributed by atoms with Gasteiger partial charge in [0, 0.05) is 6.20 Å². The first-order valence-electron chi connectivity index (χ1n) is 7.27. The molecule has 0 aliphatic heterocycles. The molecule has 0 aliphatic rings. The van der Waals surface area contributed by atoms with Gasteiger partial charge < -0.3 is 10.1 Å². The highest BCUT2D eigenvalue weighted by molar-refractivity contribution is 9.10. The van der Waals surface area contributed by atoms with E-state index in [0.717, 1.165) is 5.56 Å². The fourth-order valence-electron chi connectivity index (χ4n) is 2.28. The number of amides is 1. The van der Waals surface area contributed by atoms with Crippen molar-refractivity contribution in [1.82, 2.24) is 20.0 Å². The number of anilines is 1. The van der Waals surface area contributed by atoms with Crippen molar-refractivity contribution in [2.24, 2.45) is 0 Å². The normalized spacial score (nSPS) is 10.5. The molecule has 128 valence electrons. The number of ether oxygens (including phenoxy) is 1. The van der Waals surface area contributed by atoms with Crippen LogP contribution < -0.4 is 5.32 Å². The second-order valence-electron chi connectivity index (χ2n) is 5.12. The molecule has 3 aromatic rings. The molecule has 0 bridgehead atoms. The van der Waals surface area contributed by atoms with Crippen LogP contribution in [0.3, 0.4) is 0 Å². The second kappa shape index (κ2) is 7.31. The van der Waals surface area contributed by atoms with Gasteiger partial charge >= 0.3 is 5.97 Å². The van der Waals surface area contributed by atoms with Gasteiger partial charge in [0.25, 0.3) is 5.91 Å². The number of esters is 1. The Morgan fingerprint density at radius 1 is 1.32 bits per heavy atom. The number of hydrogen-bond donors (Lipinski definition) is 2. The van der Waals surface area contributed by atoms with Gasteiger partial charge in [0.1, 0.15) is 5.69 Å². The summed E-state index contributed by atoms with van der Waals surface area (Å²) in [4.78, 5) is 24.0. The largest absolute Gasteiger partial charge is 0.465 e. The van der Waals surface area contributed by atoms with Gasteiger partial charge in [-0.1, -0.05) is 18.2 Å². The topological polar surface area (TPSA) is 102 Å². The Bertz CT molecular complexity index is 918. The van der Waals surface area contributed by atoms with Crippen molar-refractivity contribution in [1.29, 1.82) is 0 Å². The van der Waals surface area contributed by atoms with E-state index < -0.39 is 5.97 Å². The van der Waals surface area contributed by atoms with E-state index >= 15 is 0 Å². The molecular weight excluding hydrogens is 390 g/mol. The Balaban J connectivity index is 1.74. The van der Waals surface area contributed by atoms with E-state index in [9.17, 15) is 9.59 Å². The number of halogens is 1. The van der Waals surface area contributed by atoms with Gasteiger partial charge in [0.2, 0.25) is 0 Å². The van der Waals surface area contributed by atoms with Gasteiger partial charge in [-0.3, -0.25) is 14.6 Å². The van der Waals surface area contributed by atoms with Crippen LogP contribution in [0.5, 0.6) is 0 Å². The minimum atomic E-state index is -0.402. The molecule has 9 heteroatoms. The summed E-state index contributed by atoms with van der Waals surface area (Å²) in [7, 11) is 1.34. The molecule has 2 heterocycles. The minimum Gasteiger partial charge on any atom is -0.465 e. The van der Waals surface area contributed by atoms with Crippen molar-refractivity contribution < 1.29 is 14.3 Å². The molecular formula is C16H14BrN5O3. The van der Waals surface area contributed by atoms with Crippen LogP contribution in [0.2, 0.25) is 0 Å². The molecule has 1 amide bonds. The number of rotatable bonds is 5. The van der Waals surface area contributed by atoms with Gasteiger partial charge in [-0.25, -0.2) is 4.79 Å². The predicted molar refractivity (Wildman–Crippen MR) is 93.4 cm³/mol. The number of carbonyl (C=O) groups is 2. The molecule has 0 atom stereocenters. The molecule has 0 spiro atoms. The lowest BCUT2D eigenvalue weighted by atomic mass is 10.1. The van der Waals surface area contributed by atoms with Crippen molar-refractivity contribution in [3.05, 3.63) is 64.1 Å². The first-order chi connectivity index (χ1) is 12.1. The maximum absolute atomic E-state index is 12.1. The summed E-state index contributed by atoms with van der Waals surface area (Å²) < 4.78 is 6.98. The van der Waals surface area contributed by atoms with Crippen LogP contribution in [0, 0.1) is 0 Å². The van der Waals surface area contributed by atoms with Gasteiger partial charge in [-0.2, -0.15) is 10.2 Å². The van der Waals surface area contributed by atoms with Crippen LogP contribution in [-0.2, 0) is 11.3 Å². The van der Waals surface area contributed by atoms with Crippen molar-refractivity contribution in [3.63, 3.8) is 0 Å². The third-order valence-corrected chi connectivity index (χ3v) is 4.07. The van der Waals surface area contributed by atoms with Gasteiger partial charge in [0.05, 0.1) is 41.8 Å². The van der Waals surface area contributed by atoms with E-state index in [4.69, 9.17) is 4.74 Å². The van der Waals surface area contributed by atoms with Crippen LogP contribution in [0.1, 0.15) is 26.4 Å². The van der Waals surface area contributed by atoms with Crippen LogP contribution in [0.15, 0.2) is 47.3 Å². The number of nitrogens with one attached hydrogen (secondary N) is 2. The molecule has 25 heavy (non-hydrogen) atoms. The summed E-state index contributed by atoms with van der Waals surface area (Å²) in [5.74, 6) is -0.737. The third-order valence-electron chi connectivity index (χ3n) is 3.47. The van der Waals surface area contributed by atoms with Gasteiger partial charge in [-0.05, 0) is 27.6 Å². The minimum absolute atomic E-state index is 0.323. The third kappa shape index (κ3) is 3.77. The number of H-pyrrole nitrogens is 1. The zero-order chi connectivity index (χ0) is 17.8. The maximum Gasteiger partial charge on any atom is 0.338 e. The lowest BCUT2D eigenvalue weighted by Crippen LogP contribution is -2.12. The Labute approximate surface area is 151 Å². The number of methoxy groups -OCH3 is 1. The average Bonchev–Trinajstić information content (AvgIpc) is 3.23. The van der Waals surface area contributed by atoms with Gasteiger partial charge in [-0.15, -0.1) is 0 Å². The van der Waals surface area contributed by atoms with Crippen molar-refractivity contribution in [2.75, 3.05) is 12.4 Å². The van der Waals surface area contributed by atoms with E-state index in [-0.39, 0.29) is 5.91 Å². The summed E-state index contributed by atoms with van der Waals surface area (Å²) in [6, 6.07) is 7.13. The lowest BCUT2D eigenvalue weighted by molar-refractivity contribution is 0.0599. The summed E-state index contributed by atoms with van der Waals surface area (Å²) >= 11 is 3.24. The van der Waals surface area contributed by atoms with Gasteiger partial charge in [0.15, 0.2) is 0 Å². The monoisotopic (exact) mass is 403 g/mol. The zero-order valence-corrected chi connectivity index (χ0v) is 14.8. The summed E-state index contributed by atoms with van der Waals surface area (Å²) in [6.07, 6.45) is 4.71. The van der Waals surface area contributed by atoms with E-state index in [1.165, 1.54) is 19.5 Å². The van der Waals surface area contributed by atoms with Crippen LogP contribution >= 0.6 is 15.9 Å². The lowest BCUT2D eigenvalue weighted by Gasteiger charge is -2.07. The summed E-state index contributed by atoms with van der Waals surface area (Å²) in [5, 5.41) is 13.3. The summed E-state index contributed by atoms with van der Waals surface area (Å²) in [6.45, 7) is 0.370. The zero-order valence-electron chi connectivity index (χ0n) is 13.2. The van der Waals surface area contributed by atoms with Crippen molar-refractivity contribution in [2.45, 2.75) is 6.54 Å². The first-order valence-corrected chi connectivity index (χ1v) is 8.06. The quantitative estimate of drug-likeness (QED) is 0.637. The highest BCUT2D eigenvalue weighted by Gasteiger charge is 2.14. The number of aromatic amines is 1. The van der Waals surface area contributed by atoms with E-state index in [1.54, 1.807) is 23.0 Å². The van der Waals surface area contributed by atoms with Crippen LogP contribution in [0.4, 0.5) is 5.69 Å². The van der Waals surface area contributed by atoms with Crippen molar-refractivity contribution >= 4 is 33.5 Å². The molecule has 3 rings (SSSR count). The second-order valence-corrected chi connectivity index (χ2v) is 5.98. The Kier molecular flexibility index (Phi) is 4.94. The SMILES string of the molecule is COC(=O)c1ccccc1Cn1cc(NC(=O)c2[nH]ncc2Br)cn1. The number of hydrogen-bond acceptors (Lipinski definition) is 5. The molecule has 0 fully saturated rings. The maximum atomic E-state index is 12.1. The number of aromatic nitrogens is 4. The molecule has 0 saturated heterocycles. The van der Waals surface area contributed by atoms with E-state index in [2.05, 4.69) is 36.5 Å². The Morgan fingerprint density at radius 3 is 2.84 bits per heavy atom. The van der Waals surface area contributed by atoms with E-state index in [0.29, 0.717) is 28.0 Å². The number of benzene rings is 1. The Morgan fingerprint density at radius 2 is 2.12 bits per heavy atom. The summed E-state index contributed by atoms with van der Waals surface area (Å²) in [5.41, 5.74) is 2.10. The van der Waals surface area contributed by atoms with E-state index in [1.807, 2.05) is 12.1 Å². The highest BCUT2D eigenvalue weighted by Crippen LogP contribution is 2.16. The standard InChI is InChI=1S/C16H14BrN5O3/c1-25-16(24)12-5-3-2-4-10(12)8-22-9-11(6-19-22)20-15(23)14-13(17)7-18-21-14/h2-7,9H,8H2,1H3,(H,18,21)(H,20,23). The smallest absolute Gasteiger partial charge is 0.338 e. The number of carbonyl (C=O) groups excluding carboxylic acids is 2. The molecule has 1 aromatic carbocycles. The Hall–Kier alpha value is -2.94. The molecule has 8 nitrogen and oxygen atoms in total. The predicted octanol–water partition coefficient (Wildman–Crippen LogP) is 2.46. The molecule has 2 N–H and O–H groups in total. The molecule has 0 radical (unpaired) electrons. The molecule has 0 aliphatic carbocycles. The highest BCUT2D eigenvalue weighted by atomic mass is 79.9. The van der Waals surface area contributed by atoms with Crippen LogP contribution in [0.25, 0.3) is 0 Å². The molecule has 0 unspecified atom stereocenters.